The van der Waals surface area contributed by atoms with E-state index in [0.29, 0.717) is 13.0 Å². The van der Waals surface area contributed by atoms with Crippen LogP contribution >= 0.6 is 11.8 Å². The third-order valence-corrected chi connectivity index (χ3v) is 4.32. The molecule has 1 N–H and O–H groups in total. The number of para-hydroxylation sites is 1. The molecule has 5 heteroatoms. The van der Waals surface area contributed by atoms with Crippen molar-refractivity contribution >= 4 is 29.3 Å². The molecule has 1 atom stereocenters. The summed E-state index contributed by atoms with van der Waals surface area (Å²) in [6.07, 6.45) is 4.32. The van der Waals surface area contributed by atoms with Gasteiger partial charge in [-0.3, -0.25) is 9.59 Å². The standard InChI is InChI=1S/C16H22N2O2S/c1-21-11-9-15(19)18-10-5-6-13(12-18)16(20)17-14-7-3-2-4-8-14/h2-4,7-8,13H,5-6,9-12H2,1H3,(H,17,20). The van der Waals surface area contributed by atoms with Crippen molar-refractivity contribution in [1.82, 2.24) is 4.90 Å². The molecule has 0 radical (unpaired) electrons. The molecule has 1 unspecified atom stereocenters. The Morgan fingerprint density at radius 2 is 2.10 bits per heavy atom. The van der Waals surface area contributed by atoms with E-state index in [1.807, 2.05) is 41.5 Å². The smallest absolute Gasteiger partial charge is 0.229 e. The molecule has 1 aliphatic heterocycles. The summed E-state index contributed by atoms with van der Waals surface area (Å²) < 4.78 is 0. The fraction of sp³-hybridized carbons (Fsp3) is 0.500. The summed E-state index contributed by atoms with van der Waals surface area (Å²) in [5.74, 6) is 0.929. The van der Waals surface area contributed by atoms with Crippen LogP contribution in [0.5, 0.6) is 0 Å². The molecule has 1 heterocycles. The Morgan fingerprint density at radius 3 is 2.81 bits per heavy atom. The maximum Gasteiger partial charge on any atom is 0.229 e. The van der Waals surface area contributed by atoms with Gasteiger partial charge in [0.15, 0.2) is 0 Å². The largest absolute Gasteiger partial charge is 0.342 e. The van der Waals surface area contributed by atoms with Crippen molar-refractivity contribution in [1.29, 1.82) is 0 Å². The van der Waals surface area contributed by atoms with Crippen LogP contribution in [0.25, 0.3) is 0 Å². The van der Waals surface area contributed by atoms with E-state index in [1.54, 1.807) is 11.8 Å². The lowest BCUT2D eigenvalue weighted by molar-refractivity contribution is -0.134. The predicted molar refractivity (Wildman–Crippen MR) is 87.4 cm³/mol. The fourth-order valence-electron chi connectivity index (χ4n) is 2.53. The van der Waals surface area contributed by atoms with Gasteiger partial charge in [-0.15, -0.1) is 0 Å². The zero-order chi connectivity index (χ0) is 15.1. The number of piperidine rings is 1. The number of hydrogen-bond donors (Lipinski definition) is 1. The Labute approximate surface area is 130 Å². The molecule has 1 aromatic rings. The topological polar surface area (TPSA) is 49.4 Å². The van der Waals surface area contributed by atoms with Gasteiger partial charge in [0.1, 0.15) is 0 Å². The quantitative estimate of drug-likeness (QED) is 0.910. The lowest BCUT2D eigenvalue weighted by atomic mass is 9.96. The first-order valence-electron chi connectivity index (χ1n) is 7.33. The van der Waals surface area contributed by atoms with E-state index in [2.05, 4.69) is 5.32 Å². The third kappa shape index (κ3) is 4.77. The van der Waals surface area contributed by atoms with E-state index in [1.165, 1.54) is 0 Å². The van der Waals surface area contributed by atoms with Crippen LogP contribution in [0.15, 0.2) is 30.3 Å². The molecule has 0 spiro atoms. The van der Waals surface area contributed by atoms with E-state index >= 15 is 0 Å². The van der Waals surface area contributed by atoms with Crippen LogP contribution < -0.4 is 5.32 Å². The van der Waals surface area contributed by atoms with Crippen LogP contribution in [0.4, 0.5) is 5.69 Å². The second kappa shape index (κ2) is 8.08. The molecule has 1 fully saturated rings. The minimum Gasteiger partial charge on any atom is -0.342 e. The first-order chi connectivity index (χ1) is 10.2. The van der Waals surface area contributed by atoms with Gasteiger partial charge in [0.05, 0.1) is 5.92 Å². The van der Waals surface area contributed by atoms with E-state index < -0.39 is 0 Å². The Bertz CT molecular complexity index is 478. The van der Waals surface area contributed by atoms with Gasteiger partial charge in [0, 0.05) is 31.0 Å². The molecule has 0 bridgehead atoms. The number of hydrogen-bond acceptors (Lipinski definition) is 3. The van der Waals surface area contributed by atoms with Gasteiger partial charge >= 0.3 is 0 Å². The molecule has 2 amide bonds. The summed E-state index contributed by atoms with van der Waals surface area (Å²) in [7, 11) is 0. The molecular weight excluding hydrogens is 284 g/mol. The molecular formula is C16H22N2O2S. The minimum atomic E-state index is -0.0998. The van der Waals surface area contributed by atoms with Crippen molar-refractivity contribution in [3.05, 3.63) is 30.3 Å². The molecule has 4 nitrogen and oxygen atoms in total. The average Bonchev–Trinajstić information content (AvgIpc) is 2.53. The Hall–Kier alpha value is -1.49. The second-order valence-corrected chi connectivity index (χ2v) is 6.26. The van der Waals surface area contributed by atoms with Crippen molar-refractivity contribution in [3.63, 3.8) is 0 Å². The third-order valence-electron chi connectivity index (χ3n) is 3.71. The van der Waals surface area contributed by atoms with Crippen molar-refractivity contribution in [2.45, 2.75) is 19.3 Å². The highest BCUT2D eigenvalue weighted by Gasteiger charge is 2.28. The molecule has 21 heavy (non-hydrogen) atoms. The maximum absolute atomic E-state index is 12.3. The summed E-state index contributed by atoms with van der Waals surface area (Å²) in [5, 5.41) is 2.93. The minimum absolute atomic E-state index is 0.0172. The molecule has 2 rings (SSSR count). The summed E-state index contributed by atoms with van der Waals surface area (Å²) in [4.78, 5) is 26.2. The predicted octanol–water partition coefficient (Wildman–Crippen LogP) is 2.62. The van der Waals surface area contributed by atoms with Crippen LogP contribution in [0.3, 0.4) is 0 Å². The Morgan fingerprint density at radius 1 is 1.33 bits per heavy atom. The first-order valence-corrected chi connectivity index (χ1v) is 8.72. The van der Waals surface area contributed by atoms with Crippen molar-refractivity contribution in [2.24, 2.45) is 5.92 Å². The molecule has 0 aliphatic carbocycles. The van der Waals surface area contributed by atoms with E-state index in [-0.39, 0.29) is 17.7 Å². The molecule has 1 saturated heterocycles. The van der Waals surface area contributed by atoms with E-state index in [4.69, 9.17) is 0 Å². The number of likely N-dealkylation sites (tertiary alicyclic amines) is 1. The zero-order valence-corrected chi connectivity index (χ0v) is 13.2. The van der Waals surface area contributed by atoms with Crippen LogP contribution in [0.1, 0.15) is 19.3 Å². The number of rotatable bonds is 5. The summed E-state index contributed by atoms with van der Waals surface area (Å²) in [6, 6.07) is 9.47. The average molecular weight is 306 g/mol. The lowest BCUT2D eigenvalue weighted by Crippen LogP contribution is -2.43. The number of anilines is 1. The zero-order valence-electron chi connectivity index (χ0n) is 12.4. The van der Waals surface area contributed by atoms with Crippen LogP contribution in [-0.4, -0.2) is 41.8 Å². The highest BCUT2D eigenvalue weighted by molar-refractivity contribution is 7.98. The highest BCUT2D eigenvalue weighted by atomic mass is 32.2. The summed E-state index contributed by atoms with van der Waals surface area (Å²) >= 11 is 1.68. The Kier molecular flexibility index (Phi) is 6.11. The number of benzene rings is 1. The monoisotopic (exact) mass is 306 g/mol. The van der Waals surface area contributed by atoms with Crippen LogP contribution in [-0.2, 0) is 9.59 Å². The second-order valence-electron chi connectivity index (χ2n) is 5.28. The fourth-order valence-corrected chi connectivity index (χ4v) is 2.91. The number of thioether (sulfide) groups is 1. The van der Waals surface area contributed by atoms with Crippen molar-refractivity contribution < 1.29 is 9.59 Å². The highest BCUT2D eigenvalue weighted by Crippen LogP contribution is 2.19. The lowest BCUT2D eigenvalue weighted by Gasteiger charge is -2.32. The number of amides is 2. The molecule has 0 saturated carbocycles. The number of nitrogens with zero attached hydrogens (tertiary/aromatic N) is 1. The van der Waals surface area contributed by atoms with Gasteiger partial charge in [-0.2, -0.15) is 11.8 Å². The van der Waals surface area contributed by atoms with Gasteiger partial charge in [-0.05, 0) is 31.2 Å². The number of carbonyl (C=O) groups excluding carboxylic acids is 2. The van der Waals surface area contributed by atoms with Gasteiger partial charge < -0.3 is 10.2 Å². The van der Waals surface area contributed by atoms with Crippen LogP contribution in [0, 0.1) is 5.92 Å². The summed E-state index contributed by atoms with van der Waals surface area (Å²) in [5.41, 5.74) is 0.813. The number of nitrogens with one attached hydrogen (secondary N) is 1. The Balaban J connectivity index is 1.88. The maximum atomic E-state index is 12.3. The van der Waals surface area contributed by atoms with Gasteiger partial charge in [-0.25, -0.2) is 0 Å². The summed E-state index contributed by atoms with van der Waals surface area (Å²) in [6.45, 7) is 1.33. The van der Waals surface area contributed by atoms with Crippen molar-refractivity contribution in [3.8, 4) is 0 Å². The normalized spacial score (nSPS) is 18.3. The van der Waals surface area contributed by atoms with Gasteiger partial charge in [0.25, 0.3) is 0 Å². The molecule has 0 aromatic heterocycles. The SMILES string of the molecule is CSCCC(=O)N1CCCC(C(=O)Nc2ccccc2)C1. The van der Waals surface area contributed by atoms with E-state index in [9.17, 15) is 9.59 Å². The first kappa shape index (κ1) is 15.9. The molecule has 1 aromatic carbocycles. The van der Waals surface area contributed by atoms with Crippen LogP contribution in [0.2, 0.25) is 0 Å². The molecule has 1 aliphatic rings. The molecule has 114 valence electrons. The number of carbonyl (C=O) groups is 2. The van der Waals surface area contributed by atoms with Gasteiger partial charge in [0.2, 0.25) is 11.8 Å². The van der Waals surface area contributed by atoms with Gasteiger partial charge in [-0.1, -0.05) is 18.2 Å². The van der Waals surface area contributed by atoms with Crippen molar-refractivity contribution in [2.75, 3.05) is 30.4 Å². The van der Waals surface area contributed by atoms with E-state index in [0.717, 1.165) is 30.8 Å².